The Bertz CT molecular complexity index is 1030. The van der Waals surface area contributed by atoms with Crippen molar-refractivity contribution >= 4 is 23.5 Å². The summed E-state index contributed by atoms with van der Waals surface area (Å²) in [5.41, 5.74) is 2.18. The van der Waals surface area contributed by atoms with Crippen molar-refractivity contribution in [1.29, 1.82) is 5.26 Å². The van der Waals surface area contributed by atoms with Gasteiger partial charge in [0.1, 0.15) is 12.1 Å². The Hall–Kier alpha value is -3.66. The quantitative estimate of drug-likeness (QED) is 0.786. The standard InChI is InChI=1S/C22H20N4O3/c23-13-11-15-7-9-17(10-8-15)24-19(27)14-26-20(28)22(25-21(26)29)12-3-5-16-4-1-2-6-18(16)22/h1-2,4,6-10H,3,5,11-12,14H2,(H,24,27)(H,25,29)/t22-/m0/s1. The second kappa shape index (κ2) is 7.40. The van der Waals surface area contributed by atoms with E-state index in [9.17, 15) is 14.4 Å². The fourth-order valence-corrected chi connectivity index (χ4v) is 4.10. The monoisotopic (exact) mass is 388 g/mol. The molecule has 1 aliphatic heterocycles. The second-order valence-electron chi connectivity index (χ2n) is 7.32. The van der Waals surface area contributed by atoms with Crippen LogP contribution in [0, 0.1) is 11.3 Å². The molecule has 2 N–H and O–H groups in total. The Morgan fingerprint density at radius 1 is 1.17 bits per heavy atom. The summed E-state index contributed by atoms with van der Waals surface area (Å²) in [6.45, 7) is -0.353. The zero-order valence-electron chi connectivity index (χ0n) is 15.8. The normalized spacial score (nSPS) is 20.2. The number of anilines is 1. The topological polar surface area (TPSA) is 102 Å². The Balaban J connectivity index is 1.49. The van der Waals surface area contributed by atoms with Gasteiger partial charge in [0.15, 0.2) is 0 Å². The molecule has 1 heterocycles. The number of hydrogen-bond acceptors (Lipinski definition) is 4. The number of benzene rings is 2. The Morgan fingerprint density at radius 3 is 2.69 bits per heavy atom. The van der Waals surface area contributed by atoms with Gasteiger partial charge in [-0.25, -0.2) is 4.79 Å². The van der Waals surface area contributed by atoms with E-state index in [4.69, 9.17) is 5.26 Å². The lowest BCUT2D eigenvalue weighted by atomic mass is 9.76. The van der Waals surface area contributed by atoms with Gasteiger partial charge in [-0.3, -0.25) is 14.5 Å². The molecule has 7 heteroatoms. The number of amides is 4. The maximum Gasteiger partial charge on any atom is 0.325 e. The van der Waals surface area contributed by atoms with E-state index >= 15 is 0 Å². The van der Waals surface area contributed by atoms with E-state index < -0.39 is 17.5 Å². The van der Waals surface area contributed by atoms with Crippen LogP contribution in [0.3, 0.4) is 0 Å². The molecule has 7 nitrogen and oxygen atoms in total. The number of urea groups is 1. The molecular weight excluding hydrogens is 368 g/mol. The zero-order valence-corrected chi connectivity index (χ0v) is 15.8. The minimum absolute atomic E-state index is 0.292. The molecule has 0 aromatic heterocycles. The third-order valence-corrected chi connectivity index (χ3v) is 5.47. The number of rotatable bonds is 4. The van der Waals surface area contributed by atoms with Crippen LogP contribution in [0.25, 0.3) is 0 Å². The lowest BCUT2D eigenvalue weighted by Crippen LogP contribution is -2.47. The molecule has 4 rings (SSSR count). The largest absolute Gasteiger partial charge is 0.325 e. The molecule has 2 aromatic carbocycles. The number of imide groups is 1. The second-order valence-corrected chi connectivity index (χ2v) is 7.32. The molecule has 2 aliphatic rings. The smallest absolute Gasteiger partial charge is 0.325 e. The number of carbonyl (C=O) groups is 3. The number of nitrogens with zero attached hydrogens (tertiary/aromatic N) is 2. The SMILES string of the molecule is N#CCc1ccc(NC(=O)CN2C(=O)N[C@]3(CCCc4ccccc43)C2=O)cc1. The Labute approximate surface area is 168 Å². The molecule has 1 atom stereocenters. The van der Waals surface area contributed by atoms with Gasteiger partial charge >= 0.3 is 6.03 Å². The molecule has 0 saturated carbocycles. The summed E-state index contributed by atoms with van der Waals surface area (Å²) in [5, 5.41) is 14.3. The van der Waals surface area contributed by atoms with E-state index in [1.165, 1.54) is 0 Å². The fraction of sp³-hybridized carbons (Fsp3) is 0.273. The van der Waals surface area contributed by atoms with Gasteiger partial charge in [0.25, 0.3) is 5.91 Å². The van der Waals surface area contributed by atoms with E-state index in [-0.39, 0.29) is 12.5 Å². The van der Waals surface area contributed by atoms with E-state index in [0.717, 1.165) is 34.4 Å². The summed E-state index contributed by atoms with van der Waals surface area (Å²) in [6, 6.07) is 16.0. The van der Waals surface area contributed by atoms with Crippen molar-refractivity contribution in [2.45, 2.75) is 31.2 Å². The van der Waals surface area contributed by atoms with Crippen LogP contribution in [0.5, 0.6) is 0 Å². The van der Waals surface area contributed by atoms with Crippen LogP contribution < -0.4 is 10.6 Å². The van der Waals surface area contributed by atoms with Crippen LogP contribution >= 0.6 is 0 Å². The van der Waals surface area contributed by atoms with Gasteiger partial charge in [0.05, 0.1) is 12.5 Å². The van der Waals surface area contributed by atoms with Gasteiger partial charge < -0.3 is 10.6 Å². The highest BCUT2D eigenvalue weighted by Gasteiger charge is 2.54. The van der Waals surface area contributed by atoms with Crippen molar-refractivity contribution in [1.82, 2.24) is 10.2 Å². The van der Waals surface area contributed by atoms with E-state index in [2.05, 4.69) is 16.7 Å². The molecule has 4 amide bonds. The zero-order chi connectivity index (χ0) is 20.4. The van der Waals surface area contributed by atoms with Gasteiger partial charge in [-0.2, -0.15) is 5.26 Å². The number of aryl methyl sites for hydroxylation is 1. The highest BCUT2D eigenvalue weighted by atomic mass is 16.2. The maximum absolute atomic E-state index is 13.2. The van der Waals surface area contributed by atoms with Crippen molar-refractivity contribution in [3.05, 3.63) is 65.2 Å². The lowest BCUT2D eigenvalue weighted by molar-refractivity contribution is -0.134. The van der Waals surface area contributed by atoms with Crippen LogP contribution in [0.2, 0.25) is 0 Å². The third kappa shape index (κ3) is 3.34. The molecule has 1 saturated heterocycles. The van der Waals surface area contributed by atoms with Crippen molar-refractivity contribution in [3.63, 3.8) is 0 Å². The maximum atomic E-state index is 13.2. The summed E-state index contributed by atoms with van der Waals surface area (Å²) in [4.78, 5) is 39.2. The van der Waals surface area contributed by atoms with Crippen molar-refractivity contribution < 1.29 is 14.4 Å². The average molecular weight is 388 g/mol. The van der Waals surface area contributed by atoms with Crippen LogP contribution in [0.4, 0.5) is 10.5 Å². The van der Waals surface area contributed by atoms with Crippen molar-refractivity contribution in [3.8, 4) is 6.07 Å². The summed E-state index contributed by atoms with van der Waals surface area (Å²) in [7, 11) is 0. The highest BCUT2D eigenvalue weighted by molar-refractivity contribution is 6.10. The number of fused-ring (bicyclic) bond motifs is 2. The Kier molecular flexibility index (Phi) is 4.77. The van der Waals surface area contributed by atoms with Crippen molar-refractivity contribution in [2.75, 3.05) is 11.9 Å². The van der Waals surface area contributed by atoms with Crippen LogP contribution in [0.15, 0.2) is 48.5 Å². The van der Waals surface area contributed by atoms with Gasteiger partial charge in [0.2, 0.25) is 5.91 Å². The van der Waals surface area contributed by atoms with Crippen LogP contribution in [-0.4, -0.2) is 29.3 Å². The molecule has 1 spiro atoms. The number of carbonyl (C=O) groups excluding carboxylic acids is 3. The number of hydrogen-bond donors (Lipinski definition) is 2. The molecule has 146 valence electrons. The lowest BCUT2D eigenvalue weighted by Gasteiger charge is -2.33. The Morgan fingerprint density at radius 2 is 1.93 bits per heavy atom. The predicted molar refractivity (Wildman–Crippen MR) is 106 cm³/mol. The first-order valence-electron chi connectivity index (χ1n) is 9.52. The summed E-state index contributed by atoms with van der Waals surface area (Å²) >= 11 is 0. The first kappa shape index (κ1) is 18.7. The van der Waals surface area contributed by atoms with Crippen LogP contribution in [0.1, 0.15) is 29.5 Å². The molecule has 2 aromatic rings. The van der Waals surface area contributed by atoms with Crippen LogP contribution in [-0.2, 0) is 28.0 Å². The highest BCUT2D eigenvalue weighted by Crippen LogP contribution is 2.39. The van der Waals surface area contributed by atoms with E-state index in [0.29, 0.717) is 18.5 Å². The minimum Gasteiger partial charge on any atom is -0.325 e. The number of nitriles is 1. The molecule has 0 unspecified atom stereocenters. The molecule has 0 radical (unpaired) electrons. The predicted octanol–water partition coefficient (Wildman–Crippen LogP) is 2.47. The molecule has 29 heavy (non-hydrogen) atoms. The van der Waals surface area contributed by atoms with E-state index in [1.54, 1.807) is 24.3 Å². The summed E-state index contributed by atoms with van der Waals surface area (Å²) < 4.78 is 0. The molecular formula is C22H20N4O3. The van der Waals surface area contributed by atoms with Gasteiger partial charge in [-0.15, -0.1) is 0 Å². The van der Waals surface area contributed by atoms with Gasteiger partial charge in [-0.05, 0) is 48.1 Å². The average Bonchev–Trinajstić information content (AvgIpc) is 2.95. The minimum atomic E-state index is -1.08. The summed E-state index contributed by atoms with van der Waals surface area (Å²) in [5.74, 6) is -0.836. The van der Waals surface area contributed by atoms with Crippen molar-refractivity contribution in [2.24, 2.45) is 0 Å². The first-order chi connectivity index (χ1) is 14.0. The van der Waals surface area contributed by atoms with Gasteiger partial charge in [-0.1, -0.05) is 36.4 Å². The number of nitrogens with one attached hydrogen (secondary N) is 2. The summed E-state index contributed by atoms with van der Waals surface area (Å²) in [6.07, 6.45) is 2.47. The fourth-order valence-electron chi connectivity index (χ4n) is 4.10. The molecule has 1 aliphatic carbocycles. The molecule has 1 fully saturated rings. The van der Waals surface area contributed by atoms with E-state index in [1.807, 2.05) is 24.3 Å². The first-order valence-corrected chi connectivity index (χ1v) is 9.52. The third-order valence-electron chi connectivity index (χ3n) is 5.47. The van der Waals surface area contributed by atoms with Gasteiger partial charge in [0, 0.05) is 5.69 Å². The molecule has 0 bridgehead atoms.